The summed E-state index contributed by atoms with van der Waals surface area (Å²) in [6.45, 7) is 9.28. The first-order chi connectivity index (χ1) is 17.6. The van der Waals surface area contributed by atoms with Crippen LogP contribution in [0, 0.1) is 5.92 Å². The molecule has 3 heteroatoms. The summed E-state index contributed by atoms with van der Waals surface area (Å²) < 4.78 is 0. The summed E-state index contributed by atoms with van der Waals surface area (Å²) in [7, 11) is 0. The largest absolute Gasteiger partial charge is 0.312 e. The van der Waals surface area contributed by atoms with Crippen molar-refractivity contribution in [1.82, 2.24) is 10.2 Å². The van der Waals surface area contributed by atoms with Crippen molar-refractivity contribution in [3.05, 3.63) is 107 Å². The zero-order valence-corrected chi connectivity index (χ0v) is 22.3. The molecule has 2 aromatic carbocycles. The van der Waals surface area contributed by atoms with Gasteiger partial charge < -0.3 is 5.32 Å². The molecule has 1 heterocycles. The van der Waals surface area contributed by atoms with Gasteiger partial charge in [-0.2, -0.15) is 0 Å². The molecule has 1 fully saturated rings. The summed E-state index contributed by atoms with van der Waals surface area (Å²) in [4.78, 5) is 15.5. The third-order valence-electron chi connectivity index (χ3n) is 6.98. The van der Waals surface area contributed by atoms with Crippen molar-refractivity contribution in [1.29, 1.82) is 0 Å². The van der Waals surface area contributed by atoms with Crippen LogP contribution >= 0.6 is 0 Å². The van der Waals surface area contributed by atoms with Gasteiger partial charge in [0.25, 0.3) is 0 Å². The molecule has 0 radical (unpaired) electrons. The van der Waals surface area contributed by atoms with Crippen LogP contribution in [0.1, 0.15) is 63.5 Å². The number of rotatable bonds is 14. The molecule has 2 aromatic rings. The molecule has 192 valence electrons. The summed E-state index contributed by atoms with van der Waals surface area (Å²) in [5.74, 6) is 1.02. The van der Waals surface area contributed by atoms with E-state index in [0.717, 1.165) is 56.0 Å². The van der Waals surface area contributed by atoms with E-state index in [9.17, 15) is 4.79 Å². The molecule has 36 heavy (non-hydrogen) atoms. The van der Waals surface area contributed by atoms with Crippen molar-refractivity contribution in [2.24, 2.45) is 5.92 Å². The highest BCUT2D eigenvalue weighted by Crippen LogP contribution is 2.24. The maximum absolute atomic E-state index is 12.9. The molecule has 1 saturated heterocycles. The molecule has 1 N–H and O–H groups in total. The summed E-state index contributed by atoms with van der Waals surface area (Å²) in [5.41, 5.74) is 4.69. The molecule has 0 saturated carbocycles. The molecule has 0 spiro atoms. The van der Waals surface area contributed by atoms with Crippen LogP contribution in [-0.2, 0) is 17.9 Å². The van der Waals surface area contributed by atoms with E-state index in [-0.39, 0.29) is 5.78 Å². The van der Waals surface area contributed by atoms with Crippen molar-refractivity contribution in [3.63, 3.8) is 0 Å². The van der Waals surface area contributed by atoms with Gasteiger partial charge in [0.15, 0.2) is 5.78 Å². The zero-order chi connectivity index (χ0) is 25.4. The lowest BCUT2D eigenvalue weighted by Crippen LogP contribution is -2.33. The van der Waals surface area contributed by atoms with Gasteiger partial charge in [-0.15, -0.1) is 0 Å². The Morgan fingerprint density at radius 2 is 1.67 bits per heavy atom. The number of ketones is 1. The second-order valence-electron chi connectivity index (χ2n) is 10.0. The second-order valence-corrected chi connectivity index (χ2v) is 10.0. The van der Waals surface area contributed by atoms with Crippen molar-refractivity contribution >= 4 is 5.78 Å². The number of benzene rings is 2. The zero-order valence-electron chi connectivity index (χ0n) is 22.3. The SMILES string of the molecule is C\C=C/C(=C\C(C)=C\CCNCc1ccccc1)C(=O)CCCC1CCN(Cc2ccccc2)CC1. The Hall–Kier alpha value is -2.75. The van der Waals surface area contributed by atoms with E-state index in [1.165, 1.54) is 37.1 Å². The number of carbonyl (C=O) groups is 1. The fourth-order valence-corrected chi connectivity index (χ4v) is 4.91. The molecular formula is C33H44N2O. The number of hydrogen-bond acceptors (Lipinski definition) is 3. The monoisotopic (exact) mass is 484 g/mol. The van der Waals surface area contributed by atoms with Gasteiger partial charge in [0.1, 0.15) is 0 Å². The van der Waals surface area contributed by atoms with Crippen molar-refractivity contribution in [2.45, 2.75) is 65.5 Å². The molecule has 3 nitrogen and oxygen atoms in total. The van der Waals surface area contributed by atoms with Gasteiger partial charge in [0.05, 0.1) is 0 Å². The van der Waals surface area contributed by atoms with Crippen LogP contribution in [-0.4, -0.2) is 30.3 Å². The topological polar surface area (TPSA) is 32.3 Å². The first-order valence-corrected chi connectivity index (χ1v) is 13.7. The number of likely N-dealkylation sites (tertiary alicyclic amines) is 1. The van der Waals surface area contributed by atoms with E-state index in [1.807, 2.05) is 25.1 Å². The van der Waals surface area contributed by atoms with E-state index in [4.69, 9.17) is 0 Å². The average Bonchev–Trinajstić information content (AvgIpc) is 2.90. The summed E-state index contributed by atoms with van der Waals surface area (Å²) >= 11 is 0. The standard InChI is InChI=1S/C33H44N2O/c1-3-12-32(25-28(2)13-11-22-34-26-30-14-6-4-7-15-30)33(36)19-10-18-29-20-23-35(24-21-29)27-31-16-8-5-9-17-31/h3-9,12-17,25,29,34H,10-11,18-24,26-27H2,1-2H3/b12-3-,28-13+,32-25+. The predicted molar refractivity (Wildman–Crippen MR) is 153 cm³/mol. The molecule has 0 bridgehead atoms. The number of carbonyl (C=O) groups excluding carboxylic acids is 1. The van der Waals surface area contributed by atoms with Gasteiger partial charge in [-0.05, 0) is 88.7 Å². The third kappa shape index (κ3) is 10.5. The number of allylic oxidation sites excluding steroid dienone is 5. The highest BCUT2D eigenvalue weighted by Gasteiger charge is 2.19. The van der Waals surface area contributed by atoms with E-state index in [0.29, 0.717) is 6.42 Å². The Balaban J connectivity index is 1.35. The van der Waals surface area contributed by atoms with Gasteiger partial charge in [0, 0.05) is 25.1 Å². The normalized spacial score (nSPS) is 16.1. The average molecular weight is 485 g/mol. The number of hydrogen-bond donors (Lipinski definition) is 1. The van der Waals surface area contributed by atoms with Gasteiger partial charge in [-0.25, -0.2) is 0 Å². The first kappa shape index (κ1) is 27.8. The summed E-state index contributed by atoms with van der Waals surface area (Å²) in [6, 6.07) is 21.2. The lowest BCUT2D eigenvalue weighted by Gasteiger charge is -2.32. The van der Waals surface area contributed by atoms with Gasteiger partial charge in [-0.1, -0.05) is 84.5 Å². The van der Waals surface area contributed by atoms with Crippen LogP contribution in [0.25, 0.3) is 0 Å². The van der Waals surface area contributed by atoms with Crippen LogP contribution < -0.4 is 5.32 Å². The highest BCUT2D eigenvalue weighted by atomic mass is 16.1. The van der Waals surface area contributed by atoms with Crippen molar-refractivity contribution < 1.29 is 4.79 Å². The van der Waals surface area contributed by atoms with Gasteiger partial charge in [-0.3, -0.25) is 9.69 Å². The smallest absolute Gasteiger partial charge is 0.162 e. The Morgan fingerprint density at radius 1 is 1.00 bits per heavy atom. The van der Waals surface area contributed by atoms with Gasteiger partial charge in [0.2, 0.25) is 0 Å². The first-order valence-electron chi connectivity index (χ1n) is 13.7. The van der Waals surface area contributed by atoms with E-state index in [1.54, 1.807) is 0 Å². The van der Waals surface area contributed by atoms with E-state index >= 15 is 0 Å². The van der Waals surface area contributed by atoms with Crippen LogP contribution in [0.3, 0.4) is 0 Å². The number of Topliss-reactive ketones (excluding diaryl/α,β-unsaturated/α-hetero) is 1. The fourth-order valence-electron chi connectivity index (χ4n) is 4.91. The third-order valence-corrected chi connectivity index (χ3v) is 6.98. The molecule has 0 unspecified atom stereocenters. The van der Waals surface area contributed by atoms with Crippen molar-refractivity contribution in [3.8, 4) is 0 Å². The molecular weight excluding hydrogens is 440 g/mol. The van der Waals surface area contributed by atoms with Crippen LogP contribution in [0.2, 0.25) is 0 Å². The maximum Gasteiger partial charge on any atom is 0.162 e. The Morgan fingerprint density at radius 3 is 2.33 bits per heavy atom. The molecule has 3 rings (SSSR count). The predicted octanol–water partition coefficient (Wildman–Crippen LogP) is 7.27. The van der Waals surface area contributed by atoms with Crippen LogP contribution in [0.4, 0.5) is 0 Å². The lowest BCUT2D eigenvalue weighted by molar-refractivity contribution is -0.115. The van der Waals surface area contributed by atoms with Crippen LogP contribution in [0.15, 0.2) is 96.1 Å². The van der Waals surface area contributed by atoms with Crippen molar-refractivity contribution in [2.75, 3.05) is 19.6 Å². The lowest BCUT2D eigenvalue weighted by atomic mass is 9.90. The number of nitrogens with one attached hydrogen (secondary N) is 1. The Bertz CT molecular complexity index is 983. The summed E-state index contributed by atoms with van der Waals surface area (Å²) in [6.07, 6.45) is 14.5. The molecule has 0 aliphatic carbocycles. The van der Waals surface area contributed by atoms with E-state index < -0.39 is 0 Å². The minimum Gasteiger partial charge on any atom is -0.312 e. The van der Waals surface area contributed by atoms with E-state index in [2.05, 4.69) is 83.9 Å². The molecule has 0 atom stereocenters. The summed E-state index contributed by atoms with van der Waals surface area (Å²) in [5, 5.41) is 3.48. The molecule has 1 aliphatic rings. The molecule has 0 aromatic heterocycles. The minimum absolute atomic E-state index is 0.268. The molecule has 0 amide bonds. The van der Waals surface area contributed by atoms with Crippen LogP contribution in [0.5, 0.6) is 0 Å². The minimum atomic E-state index is 0.268. The Labute approximate surface area is 219 Å². The fraction of sp³-hybridized carbons (Fsp3) is 0.424. The number of nitrogens with zero attached hydrogens (tertiary/aromatic N) is 1. The molecule has 1 aliphatic heterocycles. The maximum atomic E-state index is 12.9. The quantitative estimate of drug-likeness (QED) is 0.174. The highest BCUT2D eigenvalue weighted by molar-refractivity contribution is 5.98. The number of piperidine rings is 1. The van der Waals surface area contributed by atoms with Gasteiger partial charge >= 0.3 is 0 Å². The Kier molecular flexibility index (Phi) is 12.4. The second kappa shape index (κ2) is 16.1.